The molecular weight excluding hydrogens is 276 g/mol. The van der Waals surface area contributed by atoms with E-state index in [0.717, 1.165) is 12.2 Å². The summed E-state index contributed by atoms with van der Waals surface area (Å²) in [6, 6.07) is 5.65. The maximum Gasteiger partial charge on any atom is 0.237 e. The molecule has 20 heavy (non-hydrogen) atoms. The second-order valence-corrected chi connectivity index (χ2v) is 4.86. The van der Waals surface area contributed by atoms with E-state index in [1.807, 2.05) is 32.9 Å². The molecule has 114 valence electrons. The van der Waals surface area contributed by atoms with Crippen LogP contribution in [0, 0.1) is 13.8 Å². The summed E-state index contributed by atoms with van der Waals surface area (Å²) in [6.07, 6.45) is 1.62. The average Bonchev–Trinajstić information content (AvgIpc) is 2.33. The summed E-state index contributed by atoms with van der Waals surface area (Å²) in [7, 11) is 0. The Hall–Kier alpha value is -1.26. The first-order chi connectivity index (χ1) is 9.02. The smallest absolute Gasteiger partial charge is 0.237 e. The van der Waals surface area contributed by atoms with Gasteiger partial charge in [-0.25, -0.2) is 0 Å². The summed E-state index contributed by atoms with van der Waals surface area (Å²) in [4.78, 5) is 11.6. The zero-order valence-corrected chi connectivity index (χ0v) is 13.3. The van der Waals surface area contributed by atoms with Crippen molar-refractivity contribution in [1.29, 1.82) is 0 Å². The van der Waals surface area contributed by atoms with Crippen molar-refractivity contribution in [2.24, 2.45) is 5.73 Å². The molecule has 4 nitrogen and oxygen atoms in total. The number of rotatable bonds is 7. The van der Waals surface area contributed by atoms with Crippen LogP contribution in [0.5, 0.6) is 5.75 Å². The number of amides is 1. The number of hydrogen-bond donors (Lipinski definition) is 2. The second-order valence-electron chi connectivity index (χ2n) is 4.86. The fourth-order valence-corrected chi connectivity index (χ4v) is 1.93. The van der Waals surface area contributed by atoms with Crippen LogP contribution in [0.3, 0.4) is 0 Å². The lowest BCUT2D eigenvalue weighted by Crippen LogP contribution is -2.41. The van der Waals surface area contributed by atoms with Crippen LogP contribution in [0.1, 0.15) is 30.9 Å². The molecule has 0 aliphatic carbocycles. The van der Waals surface area contributed by atoms with Crippen molar-refractivity contribution < 1.29 is 9.53 Å². The number of hydrogen-bond acceptors (Lipinski definition) is 3. The molecule has 0 saturated carbocycles. The first-order valence-electron chi connectivity index (χ1n) is 6.77. The van der Waals surface area contributed by atoms with Crippen molar-refractivity contribution in [3.63, 3.8) is 0 Å². The highest BCUT2D eigenvalue weighted by molar-refractivity contribution is 5.85. The summed E-state index contributed by atoms with van der Waals surface area (Å²) in [5, 5.41) is 2.78. The second kappa shape index (κ2) is 9.61. The molecule has 0 aromatic heterocycles. The topological polar surface area (TPSA) is 64.4 Å². The summed E-state index contributed by atoms with van der Waals surface area (Å²) < 4.78 is 5.60. The Balaban J connectivity index is 0.00000361. The lowest BCUT2D eigenvalue weighted by molar-refractivity contribution is -0.122. The maximum atomic E-state index is 11.6. The van der Waals surface area contributed by atoms with Crippen molar-refractivity contribution in [1.82, 2.24) is 5.32 Å². The quantitative estimate of drug-likeness (QED) is 0.760. The molecule has 0 radical (unpaired) electrons. The summed E-state index contributed by atoms with van der Waals surface area (Å²) >= 11 is 0. The highest BCUT2D eigenvalue weighted by Gasteiger charge is 2.10. The third-order valence-electron chi connectivity index (χ3n) is 2.80. The molecule has 0 fully saturated rings. The Labute approximate surface area is 127 Å². The standard InChI is InChI=1S/C15H24N2O2.ClH/c1-4-5-14(16)15(18)17-6-7-19-13-9-11(2)8-12(3)10-13;/h8-10,14H,4-7,16H2,1-3H3,(H,17,18);1H. The first kappa shape index (κ1) is 18.7. The largest absolute Gasteiger partial charge is 0.492 e. The maximum absolute atomic E-state index is 11.6. The summed E-state index contributed by atoms with van der Waals surface area (Å²) in [5.74, 6) is 0.732. The van der Waals surface area contributed by atoms with Gasteiger partial charge in [0.15, 0.2) is 0 Å². The van der Waals surface area contributed by atoms with E-state index in [4.69, 9.17) is 10.5 Å². The van der Waals surface area contributed by atoms with Gasteiger partial charge in [0.1, 0.15) is 12.4 Å². The van der Waals surface area contributed by atoms with Gasteiger partial charge in [-0.05, 0) is 43.5 Å². The van der Waals surface area contributed by atoms with Crippen LogP contribution in [-0.2, 0) is 4.79 Å². The zero-order valence-electron chi connectivity index (χ0n) is 12.4. The van der Waals surface area contributed by atoms with Crippen molar-refractivity contribution in [3.05, 3.63) is 29.3 Å². The molecule has 0 aliphatic rings. The van der Waals surface area contributed by atoms with Gasteiger partial charge in [-0.1, -0.05) is 19.4 Å². The SMILES string of the molecule is CCCC(N)C(=O)NCCOc1cc(C)cc(C)c1.Cl. The van der Waals surface area contributed by atoms with Crippen LogP contribution in [0.4, 0.5) is 0 Å². The molecule has 1 aromatic carbocycles. The van der Waals surface area contributed by atoms with Crippen molar-refractivity contribution in [2.75, 3.05) is 13.2 Å². The number of benzene rings is 1. The predicted octanol–water partition coefficient (Wildman–Crippen LogP) is 2.35. The lowest BCUT2D eigenvalue weighted by Gasteiger charge is -2.12. The van der Waals surface area contributed by atoms with Gasteiger partial charge in [0.05, 0.1) is 12.6 Å². The fraction of sp³-hybridized carbons (Fsp3) is 0.533. The predicted molar refractivity (Wildman–Crippen MR) is 84.6 cm³/mol. The molecule has 0 spiro atoms. The van der Waals surface area contributed by atoms with E-state index in [2.05, 4.69) is 11.4 Å². The van der Waals surface area contributed by atoms with Crippen molar-refractivity contribution in [3.8, 4) is 5.75 Å². The monoisotopic (exact) mass is 300 g/mol. The molecule has 1 aromatic rings. The minimum atomic E-state index is -0.411. The Bertz CT molecular complexity index is 404. The Kier molecular flexibility index (Phi) is 9.01. The van der Waals surface area contributed by atoms with E-state index in [-0.39, 0.29) is 18.3 Å². The van der Waals surface area contributed by atoms with E-state index >= 15 is 0 Å². The van der Waals surface area contributed by atoms with E-state index in [1.54, 1.807) is 0 Å². The van der Waals surface area contributed by atoms with E-state index in [9.17, 15) is 4.79 Å². The van der Waals surface area contributed by atoms with Gasteiger partial charge in [-0.2, -0.15) is 0 Å². The van der Waals surface area contributed by atoms with Crippen LogP contribution in [-0.4, -0.2) is 25.1 Å². The summed E-state index contributed by atoms with van der Waals surface area (Å²) in [5.41, 5.74) is 8.05. The van der Waals surface area contributed by atoms with Gasteiger partial charge in [0.2, 0.25) is 5.91 Å². The molecular formula is C15H25ClN2O2. The summed E-state index contributed by atoms with van der Waals surface area (Å²) in [6.45, 7) is 7.00. The number of aryl methyl sites for hydroxylation is 2. The minimum absolute atomic E-state index is 0. The minimum Gasteiger partial charge on any atom is -0.492 e. The van der Waals surface area contributed by atoms with E-state index < -0.39 is 6.04 Å². The molecule has 1 rings (SSSR count). The number of carbonyl (C=O) groups excluding carboxylic acids is 1. The Morgan fingerprint density at radius 2 is 1.90 bits per heavy atom. The molecule has 0 saturated heterocycles. The lowest BCUT2D eigenvalue weighted by atomic mass is 10.1. The Morgan fingerprint density at radius 1 is 1.30 bits per heavy atom. The van der Waals surface area contributed by atoms with Gasteiger partial charge >= 0.3 is 0 Å². The number of nitrogens with one attached hydrogen (secondary N) is 1. The molecule has 0 bridgehead atoms. The van der Waals surface area contributed by atoms with E-state index in [1.165, 1.54) is 11.1 Å². The molecule has 1 amide bonds. The van der Waals surface area contributed by atoms with Crippen LogP contribution in [0.25, 0.3) is 0 Å². The molecule has 5 heteroatoms. The van der Waals surface area contributed by atoms with Crippen LogP contribution >= 0.6 is 12.4 Å². The van der Waals surface area contributed by atoms with E-state index in [0.29, 0.717) is 19.6 Å². The molecule has 3 N–H and O–H groups in total. The van der Waals surface area contributed by atoms with Gasteiger partial charge in [-0.3, -0.25) is 4.79 Å². The normalized spacial score (nSPS) is 11.4. The highest BCUT2D eigenvalue weighted by Crippen LogP contribution is 2.15. The number of carbonyl (C=O) groups is 1. The third-order valence-corrected chi connectivity index (χ3v) is 2.80. The molecule has 0 aliphatic heterocycles. The van der Waals surface area contributed by atoms with Gasteiger partial charge in [0.25, 0.3) is 0 Å². The number of halogens is 1. The fourth-order valence-electron chi connectivity index (χ4n) is 1.93. The van der Waals surface area contributed by atoms with Crippen LogP contribution in [0.2, 0.25) is 0 Å². The average molecular weight is 301 g/mol. The van der Waals surface area contributed by atoms with Crippen molar-refractivity contribution in [2.45, 2.75) is 39.7 Å². The molecule has 1 atom stereocenters. The van der Waals surface area contributed by atoms with Gasteiger partial charge < -0.3 is 15.8 Å². The zero-order chi connectivity index (χ0) is 14.3. The Morgan fingerprint density at radius 3 is 2.45 bits per heavy atom. The highest BCUT2D eigenvalue weighted by atomic mass is 35.5. The van der Waals surface area contributed by atoms with Crippen LogP contribution < -0.4 is 15.8 Å². The molecule has 1 unspecified atom stereocenters. The number of nitrogens with two attached hydrogens (primary N) is 1. The van der Waals surface area contributed by atoms with Crippen LogP contribution in [0.15, 0.2) is 18.2 Å². The molecule has 0 heterocycles. The van der Waals surface area contributed by atoms with Crippen molar-refractivity contribution >= 4 is 18.3 Å². The third kappa shape index (κ3) is 6.78. The number of ether oxygens (including phenoxy) is 1. The van der Waals surface area contributed by atoms with Gasteiger partial charge in [0, 0.05) is 0 Å². The first-order valence-corrected chi connectivity index (χ1v) is 6.77. The van der Waals surface area contributed by atoms with Gasteiger partial charge in [-0.15, -0.1) is 12.4 Å².